The summed E-state index contributed by atoms with van der Waals surface area (Å²) in [6, 6.07) is 4.70. The highest BCUT2D eigenvalue weighted by Crippen LogP contribution is 2.11. The topological polar surface area (TPSA) is 37.4 Å². The van der Waals surface area contributed by atoms with E-state index in [0.29, 0.717) is 6.04 Å². The zero-order chi connectivity index (χ0) is 13.4. The Morgan fingerprint density at radius 2 is 2.22 bits per heavy atom. The molecule has 0 radical (unpaired) electrons. The van der Waals surface area contributed by atoms with E-state index in [1.807, 2.05) is 19.3 Å². The van der Waals surface area contributed by atoms with Crippen molar-refractivity contribution in [2.75, 3.05) is 32.6 Å². The van der Waals surface area contributed by atoms with Crippen molar-refractivity contribution in [3.8, 4) is 0 Å². The molecule has 0 aliphatic heterocycles. The number of pyridine rings is 1. The molecule has 1 rings (SSSR count). The lowest BCUT2D eigenvalue weighted by Gasteiger charge is -2.28. The molecule has 1 unspecified atom stereocenters. The van der Waals surface area contributed by atoms with Crippen molar-refractivity contribution in [1.29, 1.82) is 0 Å². The summed E-state index contributed by atoms with van der Waals surface area (Å²) in [6.07, 6.45) is 3.08. The van der Waals surface area contributed by atoms with Crippen molar-refractivity contribution in [2.24, 2.45) is 0 Å². The first-order valence-corrected chi connectivity index (χ1v) is 6.57. The Labute approximate surface area is 110 Å². The quantitative estimate of drug-likeness (QED) is 0.769. The second kappa shape index (κ2) is 8.06. The van der Waals surface area contributed by atoms with Gasteiger partial charge >= 0.3 is 0 Å². The van der Waals surface area contributed by atoms with E-state index in [-0.39, 0.29) is 0 Å². The van der Waals surface area contributed by atoms with Crippen LogP contribution in [-0.4, -0.2) is 43.2 Å². The van der Waals surface area contributed by atoms with Crippen LogP contribution in [0.2, 0.25) is 0 Å². The maximum Gasteiger partial charge on any atom is 0.125 e. The van der Waals surface area contributed by atoms with E-state index >= 15 is 0 Å². The average molecular weight is 251 g/mol. The third kappa shape index (κ3) is 4.63. The highest BCUT2D eigenvalue weighted by atomic mass is 16.5. The van der Waals surface area contributed by atoms with Gasteiger partial charge in [-0.3, -0.25) is 4.90 Å². The second-order valence-corrected chi connectivity index (χ2v) is 4.52. The van der Waals surface area contributed by atoms with Gasteiger partial charge in [0.25, 0.3) is 0 Å². The molecule has 1 aromatic rings. The van der Waals surface area contributed by atoms with Crippen LogP contribution in [0.5, 0.6) is 0 Å². The molecule has 0 fully saturated rings. The SMILES string of the molecule is CCC(C)N(CCOC)Cc1ccc(NC)nc1. The van der Waals surface area contributed by atoms with Gasteiger partial charge in [0.2, 0.25) is 0 Å². The molecule has 102 valence electrons. The Kier molecular flexibility index (Phi) is 6.68. The van der Waals surface area contributed by atoms with Crippen molar-refractivity contribution in [3.05, 3.63) is 23.9 Å². The van der Waals surface area contributed by atoms with E-state index in [4.69, 9.17) is 4.74 Å². The molecule has 1 atom stereocenters. The molecule has 1 N–H and O–H groups in total. The van der Waals surface area contributed by atoms with E-state index in [2.05, 4.69) is 35.1 Å². The third-order valence-electron chi connectivity index (χ3n) is 3.26. The molecule has 0 bridgehead atoms. The van der Waals surface area contributed by atoms with Crippen LogP contribution in [0, 0.1) is 0 Å². The van der Waals surface area contributed by atoms with Gasteiger partial charge in [-0.2, -0.15) is 0 Å². The standard InChI is InChI=1S/C14H25N3O/c1-5-12(2)17(8-9-18-4)11-13-6-7-14(15-3)16-10-13/h6-7,10,12H,5,8-9,11H2,1-4H3,(H,15,16). The number of nitrogens with zero attached hydrogens (tertiary/aromatic N) is 2. The Bertz CT molecular complexity index is 326. The van der Waals surface area contributed by atoms with Gasteiger partial charge in [-0.1, -0.05) is 13.0 Å². The van der Waals surface area contributed by atoms with Gasteiger partial charge in [0, 0.05) is 39.5 Å². The van der Waals surface area contributed by atoms with Gasteiger partial charge in [0.15, 0.2) is 0 Å². The van der Waals surface area contributed by atoms with Crippen LogP contribution >= 0.6 is 0 Å². The number of hydrogen-bond donors (Lipinski definition) is 1. The minimum Gasteiger partial charge on any atom is -0.383 e. The van der Waals surface area contributed by atoms with Crippen LogP contribution < -0.4 is 5.32 Å². The van der Waals surface area contributed by atoms with Crippen molar-refractivity contribution >= 4 is 5.82 Å². The molecule has 0 saturated heterocycles. The average Bonchev–Trinajstić information content (AvgIpc) is 2.43. The molecular weight excluding hydrogens is 226 g/mol. The van der Waals surface area contributed by atoms with Crippen molar-refractivity contribution < 1.29 is 4.74 Å². The third-order valence-corrected chi connectivity index (χ3v) is 3.26. The summed E-state index contributed by atoms with van der Waals surface area (Å²) in [6.45, 7) is 7.12. The lowest BCUT2D eigenvalue weighted by molar-refractivity contribution is 0.118. The number of aromatic nitrogens is 1. The summed E-state index contributed by atoms with van der Waals surface area (Å²) in [5.41, 5.74) is 1.24. The van der Waals surface area contributed by atoms with Gasteiger partial charge in [0.1, 0.15) is 5.82 Å². The largest absolute Gasteiger partial charge is 0.383 e. The second-order valence-electron chi connectivity index (χ2n) is 4.52. The molecule has 18 heavy (non-hydrogen) atoms. The molecule has 4 heteroatoms. The van der Waals surface area contributed by atoms with Crippen LogP contribution in [0.15, 0.2) is 18.3 Å². The van der Waals surface area contributed by atoms with E-state index in [1.54, 1.807) is 7.11 Å². The molecule has 4 nitrogen and oxygen atoms in total. The normalized spacial score (nSPS) is 12.7. The lowest BCUT2D eigenvalue weighted by atomic mass is 10.2. The van der Waals surface area contributed by atoms with E-state index in [1.165, 1.54) is 5.56 Å². The summed E-state index contributed by atoms with van der Waals surface area (Å²) in [5.74, 6) is 0.908. The Hall–Kier alpha value is -1.13. The Morgan fingerprint density at radius 3 is 2.72 bits per heavy atom. The number of methoxy groups -OCH3 is 1. The van der Waals surface area contributed by atoms with Crippen molar-refractivity contribution in [1.82, 2.24) is 9.88 Å². The monoisotopic (exact) mass is 251 g/mol. The fourth-order valence-electron chi connectivity index (χ4n) is 1.82. The molecule has 0 spiro atoms. The first kappa shape index (κ1) is 14.9. The minimum absolute atomic E-state index is 0.559. The Balaban J connectivity index is 2.62. The van der Waals surface area contributed by atoms with Crippen molar-refractivity contribution in [2.45, 2.75) is 32.9 Å². The highest BCUT2D eigenvalue weighted by molar-refractivity contribution is 5.34. The molecule has 0 aliphatic carbocycles. The van der Waals surface area contributed by atoms with Crippen LogP contribution in [0.25, 0.3) is 0 Å². The van der Waals surface area contributed by atoms with E-state index < -0.39 is 0 Å². The smallest absolute Gasteiger partial charge is 0.125 e. The fraction of sp³-hybridized carbons (Fsp3) is 0.643. The summed E-state index contributed by atoms with van der Waals surface area (Å²) in [4.78, 5) is 6.78. The van der Waals surface area contributed by atoms with Gasteiger partial charge in [-0.15, -0.1) is 0 Å². The van der Waals surface area contributed by atoms with E-state index in [0.717, 1.165) is 31.9 Å². The van der Waals surface area contributed by atoms with Crippen LogP contribution in [-0.2, 0) is 11.3 Å². The molecule has 0 saturated carbocycles. The molecular formula is C14H25N3O. The van der Waals surface area contributed by atoms with Gasteiger partial charge in [0.05, 0.1) is 6.61 Å². The predicted octanol–water partition coefficient (Wildman–Crippen LogP) is 2.37. The van der Waals surface area contributed by atoms with Gasteiger partial charge < -0.3 is 10.1 Å². The first-order valence-electron chi connectivity index (χ1n) is 6.57. The van der Waals surface area contributed by atoms with Crippen molar-refractivity contribution in [3.63, 3.8) is 0 Å². The first-order chi connectivity index (χ1) is 8.71. The Morgan fingerprint density at radius 1 is 1.44 bits per heavy atom. The summed E-state index contributed by atoms with van der Waals surface area (Å²) < 4.78 is 5.17. The fourth-order valence-corrected chi connectivity index (χ4v) is 1.82. The van der Waals surface area contributed by atoms with Crippen LogP contribution in [0.3, 0.4) is 0 Å². The molecule has 0 amide bonds. The minimum atomic E-state index is 0.559. The maximum absolute atomic E-state index is 5.17. The number of hydrogen-bond acceptors (Lipinski definition) is 4. The number of ether oxygens (including phenoxy) is 1. The summed E-state index contributed by atoms with van der Waals surface area (Å²) in [7, 11) is 3.63. The molecule has 0 aromatic carbocycles. The molecule has 1 heterocycles. The molecule has 0 aliphatic rings. The number of nitrogens with one attached hydrogen (secondary N) is 1. The van der Waals surface area contributed by atoms with E-state index in [9.17, 15) is 0 Å². The number of rotatable bonds is 8. The predicted molar refractivity (Wildman–Crippen MR) is 75.8 cm³/mol. The van der Waals surface area contributed by atoms with Gasteiger partial charge in [-0.05, 0) is 25.0 Å². The molecule has 1 aromatic heterocycles. The van der Waals surface area contributed by atoms with Crippen LogP contribution in [0.1, 0.15) is 25.8 Å². The maximum atomic E-state index is 5.17. The lowest BCUT2D eigenvalue weighted by Crippen LogP contribution is -2.34. The highest BCUT2D eigenvalue weighted by Gasteiger charge is 2.12. The zero-order valence-electron chi connectivity index (χ0n) is 11.9. The van der Waals surface area contributed by atoms with Gasteiger partial charge in [-0.25, -0.2) is 4.98 Å². The zero-order valence-corrected chi connectivity index (χ0v) is 11.9. The summed E-state index contributed by atoms with van der Waals surface area (Å²) >= 11 is 0. The van der Waals surface area contributed by atoms with Crippen LogP contribution in [0.4, 0.5) is 5.82 Å². The number of anilines is 1. The summed E-state index contributed by atoms with van der Waals surface area (Å²) in [5, 5.41) is 3.03.